The van der Waals surface area contributed by atoms with Gasteiger partial charge in [-0.3, -0.25) is 0 Å². The molecular formula is C5H5NOS. The van der Waals surface area contributed by atoms with E-state index in [0.717, 1.165) is 5.56 Å². The monoisotopic (exact) mass is 127 g/mol. The Morgan fingerprint density at radius 1 is 1.75 bits per heavy atom. The number of nitrogens with zero attached hydrogens (tertiary/aromatic N) is 1. The van der Waals surface area contributed by atoms with Crippen molar-refractivity contribution in [2.75, 3.05) is 0 Å². The Kier molecular flexibility index (Phi) is 1.64. The molecule has 1 aromatic rings. The second-order valence-corrected chi connectivity index (χ2v) is 2.08. The Hall–Kier alpha value is -0.830. The topological polar surface area (TPSA) is 32.6 Å². The lowest BCUT2D eigenvalue weighted by molar-refractivity contribution is 0.322. The van der Waals surface area contributed by atoms with Gasteiger partial charge in [-0.25, -0.2) is 0 Å². The highest BCUT2D eigenvalue weighted by Gasteiger charge is 1.82. The van der Waals surface area contributed by atoms with E-state index in [-0.39, 0.29) is 0 Å². The Labute approximate surface area is 51.1 Å². The molecule has 8 heavy (non-hydrogen) atoms. The van der Waals surface area contributed by atoms with Gasteiger partial charge in [-0.05, 0) is 16.8 Å². The molecule has 0 aliphatic heterocycles. The summed E-state index contributed by atoms with van der Waals surface area (Å²) in [6, 6.07) is 1.88. The summed E-state index contributed by atoms with van der Waals surface area (Å²) in [4.78, 5) is 0. The third-order valence-electron chi connectivity index (χ3n) is 0.750. The van der Waals surface area contributed by atoms with Crippen LogP contribution in [0.4, 0.5) is 0 Å². The summed E-state index contributed by atoms with van der Waals surface area (Å²) >= 11 is 1.58. The quantitative estimate of drug-likeness (QED) is 0.346. The Balaban J connectivity index is 2.77. The van der Waals surface area contributed by atoms with E-state index in [1.165, 1.54) is 6.21 Å². The van der Waals surface area contributed by atoms with E-state index in [1.807, 2.05) is 16.8 Å². The molecule has 0 saturated heterocycles. The average Bonchev–Trinajstić information content (AvgIpc) is 2.19. The molecule has 1 rings (SSSR count). The minimum atomic E-state index is 0.942. The Bertz CT molecular complexity index is 169. The van der Waals surface area contributed by atoms with Crippen molar-refractivity contribution in [1.29, 1.82) is 0 Å². The number of hydrogen-bond donors (Lipinski definition) is 1. The van der Waals surface area contributed by atoms with Crippen LogP contribution in [0.5, 0.6) is 0 Å². The van der Waals surface area contributed by atoms with E-state index in [2.05, 4.69) is 5.16 Å². The van der Waals surface area contributed by atoms with Crippen LogP contribution in [0, 0.1) is 0 Å². The van der Waals surface area contributed by atoms with Gasteiger partial charge in [-0.2, -0.15) is 11.3 Å². The normalized spacial score (nSPS) is 10.5. The van der Waals surface area contributed by atoms with Gasteiger partial charge >= 0.3 is 0 Å². The van der Waals surface area contributed by atoms with Crippen molar-refractivity contribution < 1.29 is 5.21 Å². The molecule has 1 aromatic heterocycles. The van der Waals surface area contributed by atoms with Crippen molar-refractivity contribution in [3.05, 3.63) is 22.4 Å². The van der Waals surface area contributed by atoms with Gasteiger partial charge in [-0.1, -0.05) is 5.16 Å². The third kappa shape index (κ3) is 1.07. The number of oxime groups is 1. The van der Waals surface area contributed by atoms with E-state index < -0.39 is 0 Å². The molecule has 0 aliphatic carbocycles. The van der Waals surface area contributed by atoms with E-state index in [4.69, 9.17) is 5.21 Å². The molecule has 0 atom stereocenters. The lowest BCUT2D eigenvalue weighted by Gasteiger charge is -1.73. The zero-order chi connectivity index (χ0) is 5.82. The lowest BCUT2D eigenvalue weighted by Crippen LogP contribution is -1.70. The predicted molar refractivity (Wildman–Crippen MR) is 33.7 cm³/mol. The fraction of sp³-hybridized carbons (Fsp3) is 0. The van der Waals surface area contributed by atoms with Gasteiger partial charge in [0.1, 0.15) is 0 Å². The molecule has 0 bridgehead atoms. The molecule has 0 amide bonds. The minimum absolute atomic E-state index is 0.942. The molecule has 3 heteroatoms. The smallest absolute Gasteiger partial charge is 0.0742 e. The predicted octanol–water partition coefficient (Wildman–Crippen LogP) is 1.56. The molecular weight excluding hydrogens is 122 g/mol. The summed E-state index contributed by atoms with van der Waals surface area (Å²) in [5.74, 6) is 0. The molecule has 1 heterocycles. The fourth-order valence-electron chi connectivity index (χ4n) is 0.415. The van der Waals surface area contributed by atoms with Crippen LogP contribution in [-0.2, 0) is 0 Å². The van der Waals surface area contributed by atoms with Crippen LogP contribution in [0.2, 0.25) is 0 Å². The average molecular weight is 127 g/mol. The first kappa shape index (κ1) is 5.31. The first-order valence-corrected chi connectivity index (χ1v) is 3.07. The van der Waals surface area contributed by atoms with Crippen molar-refractivity contribution in [3.63, 3.8) is 0 Å². The van der Waals surface area contributed by atoms with Crippen LogP contribution in [0.25, 0.3) is 0 Å². The van der Waals surface area contributed by atoms with Crippen LogP contribution >= 0.6 is 11.3 Å². The summed E-state index contributed by atoms with van der Waals surface area (Å²) in [7, 11) is 0. The van der Waals surface area contributed by atoms with Gasteiger partial charge in [0.05, 0.1) is 6.21 Å². The minimum Gasteiger partial charge on any atom is -0.411 e. The third-order valence-corrected chi connectivity index (χ3v) is 1.45. The molecule has 0 saturated carbocycles. The van der Waals surface area contributed by atoms with Crippen molar-refractivity contribution in [1.82, 2.24) is 0 Å². The van der Waals surface area contributed by atoms with Gasteiger partial charge in [-0.15, -0.1) is 0 Å². The van der Waals surface area contributed by atoms with Crippen LogP contribution < -0.4 is 0 Å². The van der Waals surface area contributed by atoms with E-state index in [9.17, 15) is 0 Å². The largest absolute Gasteiger partial charge is 0.411 e. The number of thiophene rings is 1. The molecule has 1 N–H and O–H groups in total. The molecule has 0 radical (unpaired) electrons. The highest BCUT2D eigenvalue weighted by molar-refractivity contribution is 7.08. The molecule has 0 spiro atoms. The highest BCUT2D eigenvalue weighted by atomic mass is 32.1. The maximum Gasteiger partial charge on any atom is 0.0742 e. The first-order chi connectivity index (χ1) is 3.93. The zero-order valence-electron chi connectivity index (χ0n) is 4.11. The SMILES string of the molecule is O/N=C\c1ccsc1. The lowest BCUT2D eigenvalue weighted by atomic mass is 10.4. The molecule has 0 aliphatic rings. The summed E-state index contributed by atoms with van der Waals surface area (Å²) < 4.78 is 0. The molecule has 0 aromatic carbocycles. The summed E-state index contributed by atoms with van der Waals surface area (Å²) in [5, 5.41) is 14.7. The van der Waals surface area contributed by atoms with Crippen LogP contribution in [0.15, 0.2) is 22.0 Å². The fourth-order valence-corrected chi connectivity index (χ4v) is 1.03. The summed E-state index contributed by atoms with van der Waals surface area (Å²) in [5.41, 5.74) is 0.942. The van der Waals surface area contributed by atoms with Gasteiger partial charge in [0.15, 0.2) is 0 Å². The second-order valence-electron chi connectivity index (χ2n) is 1.30. The van der Waals surface area contributed by atoms with Crippen molar-refractivity contribution in [2.45, 2.75) is 0 Å². The maximum absolute atomic E-state index is 8.01. The van der Waals surface area contributed by atoms with Gasteiger partial charge in [0.2, 0.25) is 0 Å². The Morgan fingerprint density at radius 2 is 2.62 bits per heavy atom. The highest BCUT2D eigenvalue weighted by Crippen LogP contribution is 2.01. The summed E-state index contributed by atoms with van der Waals surface area (Å²) in [6.07, 6.45) is 1.40. The van der Waals surface area contributed by atoms with E-state index >= 15 is 0 Å². The van der Waals surface area contributed by atoms with Crippen LogP contribution in [-0.4, -0.2) is 11.4 Å². The Morgan fingerprint density at radius 3 is 3.12 bits per heavy atom. The maximum atomic E-state index is 8.01. The second kappa shape index (κ2) is 2.47. The van der Waals surface area contributed by atoms with Gasteiger partial charge < -0.3 is 5.21 Å². The van der Waals surface area contributed by atoms with Crippen molar-refractivity contribution in [2.24, 2.45) is 5.16 Å². The first-order valence-electron chi connectivity index (χ1n) is 2.13. The molecule has 42 valence electrons. The summed E-state index contributed by atoms with van der Waals surface area (Å²) in [6.45, 7) is 0. The van der Waals surface area contributed by atoms with Crippen molar-refractivity contribution in [3.8, 4) is 0 Å². The standard InChI is InChI=1S/C5H5NOS/c7-6-3-5-1-2-8-4-5/h1-4,7H/b6-3-. The van der Waals surface area contributed by atoms with E-state index in [1.54, 1.807) is 11.3 Å². The molecule has 2 nitrogen and oxygen atoms in total. The van der Waals surface area contributed by atoms with E-state index in [0.29, 0.717) is 0 Å². The van der Waals surface area contributed by atoms with Gasteiger partial charge in [0.25, 0.3) is 0 Å². The molecule has 0 fully saturated rings. The number of rotatable bonds is 1. The van der Waals surface area contributed by atoms with Crippen LogP contribution in [0.3, 0.4) is 0 Å². The number of hydrogen-bond acceptors (Lipinski definition) is 3. The molecule has 0 unspecified atom stereocenters. The van der Waals surface area contributed by atoms with Gasteiger partial charge in [0, 0.05) is 5.56 Å². The van der Waals surface area contributed by atoms with Crippen molar-refractivity contribution >= 4 is 17.6 Å². The zero-order valence-corrected chi connectivity index (χ0v) is 4.93. The van der Waals surface area contributed by atoms with Crippen LogP contribution in [0.1, 0.15) is 5.56 Å².